The number of ketones is 2. The zero-order valence-electron chi connectivity index (χ0n) is 31.4. The van der Waals surface area contributed by atoms with Gasteiger partial charge in [0.25, 0.3) is 0 Å². The number of Topliss-reactive ketones (excluding diaryl/α,β-unsaturated/α-hetero) is 2. The summed E-state index contributed by atoms with van der Waals surface area (Å²) in [4.78, 5) is 64.1. The standard InChI is InChI=1S/C41H39N5O9S/c1-17-32(48)22-12-24-25(13-42)46-26-14-52-40(50)41(39-21(10-11-43-41)20-8-6-7-9-23(20)44-39)15-56-38(31(46)30(45(24)4)27(22)33(49)35(17)51-5)29-28(26)37-36(53-16-54-37)18(2)34(29)55-19(3)47/h6-9,24-26,30-31,38,43-44H,10-12,14-16H2,1-5H3/t24?,25-,26+,30?,31?,38+,41+/m0/s1. The van der Waals surface area contributed by atoms with E-state index in [4.69, 9.17) is 23.7 Å². The van der Waals surface area contributed by atoms with Crippen LogP contribution in [0.5, 0.6) is 17.2 Å². The van der Waals surface area contributed by atoms with Crippen molar-refractivity contribution in [1.82, 2.24) is 20.1 Å². The number of allylic oxidation sites excluding steroid dienone is 2. The predicted octanol–water partition coefficient (Wildman–Crippen LogP) is 3.58. The van der Waals surface area contributed by atoms with Crippen LogP contribution in [0.3, 0.4) is 0 Å². The first-order valence-electron chi connectivity index (χ1n) is 18.8. The number of nitrogens with zero attached hydrogens (tertiary/aromatic N) is 3. The van der Waals surface area contributed by atoms with Crippen molar-refractivity contribution in [1.29, 1.82) is 5.26 Å². The highest BCUT2D eigenvalue weighted by molar-refractivity contribution is 7.99. The van der Waals surface area contributed by atoms with Crippen LogP contribution in [0, 0.1) is 18.3 Å². The van der Waals surface area contributed by atoms with Crippen molar-refractivity contribution in [3.05, 3.63) is 74.7 Å². The zero-order chi connectivity index (χ0) is 38.9. The van der Waals surface area contributed by atoms with Gasteiger partial charge in [0, 0.05) is 75.6 Å². The number of H-pyrrole nitrogens is 1. The number of esters is 2. The molecule has 2 aromatic carbocycles. The molecular weight excluding hydrogens is 739 g/mol. The summed E-state index contributed by atoms with van der Waals surface area (Å²) >= 11 is 1.46. The number of rotatable bonds is 2. The molecular formula is C41H39N5O9S. The third-order valence-electron chi connectivity index (χ3n) is 12.9. The number of methoxy groups -OCH3 is 1. The fourth-order valence-corrected chi connectivity index (χ4v) is 12.3. The molecule has 2 saturated heterocycles. The van der Waals surface area contributed by atoms with Crippen molar-refractivity contribution < 1.29 is 42.9 Å². The Morgan fingerprint density at radius 2 is 1.88 bits per heavy atom. The Balaban J connectivity index is 1.25. The average Bonchev–Trinajstić information content (AvgIpc) is 3.83. The summed E-state index contributed by atoms with van der Waals surface area (Å²) in [5.74, 6) is -0.337. The highest BCUT2D eigenvalue weighted by Gasteiger charge is 2.63. The van der Waals surface area contributed by atoms with Gasteiger partial charge in [0.2, 0.25) is 12.6 Å². The molecule has 0 radical (unpaired) electrons. The van der Waals surface area contributed by atoms with Gasteiger partial charge < -0.3 is 28.7 Å². The number of aromatic nitrogens is 1. The van der Waals surface area contributed by atoms with E-state index in [0.717, 1.165) is 22.2 Å². The number of ether oxygens (including phenoxy) is 5. The lowest BCUT2D eigenvalue weighted by Gasteiger charge is -2.62. The van der Waals surface area contributed by atoms with Crippen LogP contribution in [0.2, 0.25) is 0 Å². The molecule has 1 aliphatic carbocycles. The van der Waals surface area contributed by atoms with E-state index in [1.807, 2.05) is 38.2 Å². The number of carbonyl (C=O) groups excluding carboxylic acids is 4. The van der Waals surface area contributed by atoms with Crippen molar-refractivity contribution >= 4 is 46.2 Å². The van der Waals surface area contributed by atoms with Gasteiger partial charge in [-0.2, -0.15) is 5.26 Å². The SMILES string of the molecule is COC1=C(C)C(=O)C2=C(C1=O)C1C3[C@@H]4SC[C@]5(NCCc6c5[nH]c5ccccc65)C(=O)OC[C@H](c5c6c(c(C)c(OC(C)=O)c54)OCO6)N3[C@@H](C#N)C(C2)N1C. The van der Waals surface area contributed by atoms with Gasteiger partial charge in [-0.1, -0.05) is 18.2 Å². The van der Waals surface area contributed by atoms with Crippen LogP contribution in [-0.2, 0) is 40.6 Å². The molecule has 7 atom stereocenters. The van der Waals surface area contributed by atoms with E-state index in [2.05, 4.69) is 26.2 Å². The lowest BCUT2D eigenvalue weighted by molar-refractivity contribution is -0.157. The minimum atomic E-state index is -1.30. The Morgan fingerprint density at radius 1 is 1.09 bits per heavy atom. The molecule has 3 unspecified atom stereocenters. The van der Waals surface area contributed by atoms with Crippen LogP contribution in [0.4, 0.5) is 0 Å². The summed E-state index contributed by atoms with van der Waals surface area (Å²) < 4.78 is 30.4. The summed E-state index contributed by atoms with van der Waals surface area (Å²) in [7, 11) is 3.29. The number of fused-ring (bicyclic) bond motifs is 10. The maximum Gasteiger partial charge on any atom is 0.333 e. The largest absolute Gasteiger partial charge is 0.492 e. The number of benzene rings is 2. The van der Waals surface area contributed by atoms with E-state index in [1.165, 1.54) is 25.8 Å². The summed E-state index contributed by atoms with van der Waals surface area (Å²) in [5.41, 5.74) is 4.14. The number of likely N-dealkylation sites (N-methyl/N-ethyl adjacent to an activating group) is 1. The second-order valence-corrected chi connectivity index (χ2v) is 16.6. The Bertz CT molecular complexity index is 2450. The van der Waals surface area contributed by atoms with Crippen LogP contribution in [-0.4, -0.2) is 102 Å². The molecule has 15 heteroatoms. The molecule has 288 valence electrons. The molecule has 4 bridgehead atoms. The summed E-state index contributed by atoms with van der Waals surface area (Å²) in [5, 5.41) is 15.1. The normalized spacial score (nSPS) is 30.8. The quantitative estimate of drug-likeness (QED) is 0.220. The van der Waals surface area contributed by atoms with Gasteiger partial charge in [-0.15, -0.1) is 11.8 Å². The molecule has 2 fully saturated rings. The summed E-state index contributed by atoms with van der Waals surface area (Å²) in [6, 6.07) is 7.05. The third-order valence-corrected chi connectivity index (χ3v) is 14.4. The molecule has 8 aliphatic rings. The van der Waals surface area contributed by atoms with E-state index in [1.54, 1.807) is 6.92 Å². The van der Waals surface area contributed by atoms with E-state index < -0.39 is 52.9 Å². The van der Waals surface area contributed by atoms with Gasteiger partial charge in [-0.25, -0.2) is 4.79 Å². The van der Waals surface area contributed by atoms with Gasteiger partial charge >= 0.3 is 11.9 Å². The predicted molar refractivity (Wildman–Crippen MR) is 201 cm³/mol. The van der Waals surface area contributed by atoms with Gasteiger partial charge in [-0.05, 0) is 45.4 Å². The first-order chi connectivity index (χ1) is 27.0. The number of hydrogen-bond donors (Lipinski definition) is 2. The smallest absolute Gasteiger partial charge is 0.333 e. The Labute approximate surface area is 326 Å². The Kier molecular flexibility index (Phi) is 7.83. The van der Waals surface area contributed by atoms with Crippen LogP contribution >= 0.6 is 11.8 Å². The van der Waals surface area contributed by atoms with Crippen molar-refractivity contribution in [2.24, 2.45) is 0 Å². The Morgan fingerprint density at radius 3 is 2.64 bits per heavy atom. The average molecular weight is 778 g/mol. The molecule has 0 saturated carbocycles. The fourth-order valence-electron chi connectivity index (χ4n) is 10.6. The molecule has 8 heterocycles. The van der Waals surface area contributed by atoms with Crippen molar-refractivity contribution in [2.45, 2.75) is 74.6 Å². The van der Waals surface area contributed by atoms with E-state index in [-0.39, 0.29) is 48.5 Å². The highest BCUT2D eigenvalue weighted by Crippen LogP contribution is 2.63. The molecule has 3 aromatic rings. The number of hydrogen-bond acceptors (Lipinski definition) is 14. The lowest BCUT2D eigenvalue weighted by atomic mass is 9.68. The molecule has 1 spiro atoms. The molecule has 0 amide bonds. The van der Waals surface area contributed by atoms with Gasteiger partial charge in [0.1, 0.15) is 18.4 Å². The number of nitriles is 1. The number of carbonyl (C=O) groups is 4. The minimum Gasteiger partial charge on any atom is -0.492 e. The Hall–Kier alpha value is -5.14. The maximum atomic E-state index is 14.8. The molecule has 2 N–H and O–H groups in total. The molecule has 7 aliphatic heterocycles. The maximum absolute atomic E-state index is 14.8. The monoisotopic (exact) mass is 777 g/mol. The van der Waals surface area contributed by atoms with Crippen LogP contribution in [0.25, 0.3) is 10.9 Å². The van der Waals surface area contributed by atoms with Gasteiger partial charge in [-0.3, -0.25) is 29.5 Å². The molecule has 11 rings (SSSR count). The molecule has 1 aromatic heterocycles. The highest BCUT2D eigenvalue weighted by atomic mass is 32.2. The van der Waals surface area contributed by atoms with Crippen molar-refractivity contribution in [3.8, 4) is 23.3 Å². The first kappa shape index (κ1) is 35.3. The van der Waals surface area contributed by atoms with Crippen LogP contribution < -0.4 is 19.5 Å². The van der Waals surface area contributed by atoms with Gasteiger partial charge in [0.05, 0.1) is 36.2 Å². The first-order valence-corrected chi connectivity index (χ1v) is 19.8. The second kappa shape index (κ2) is 12.4. The summed E-state index contributed by atoms with van der Waals surface area (Å²) in [6.07, 6.45) is 0.865. The lowest BCUT2D eigenvalue weighted by Crippen LogP contribution is -2.73. The van der Waals surface area contributed by atoms with Crippen molar-refractivity contribution in [2.75, 3.05) is 39.9 Å². The number of para-hydroxylation sites is 1. The number of aromatic amines is 1. The topological polar surface area (TPSA) is 173 Å². The van der Waals surface area contributed by atoms with Gasteiger partial charge in [0.15, 0.2) is 28.6 Å². The van der Waals surface area contributed by atoms with E-state index in [0.29, 0.717) is 58.1 Å². The van der Waals surface area contributed by atoms with E-state index >= 15 is 0 Å². The zero-order valence-corrected chi connectivity index (χ0v) is 32.3. The minimum absolute atomic E-state index is 0.00178. The third kappa shape index (κ3) is 4.49. The van der Waals surface area contributed by atoms with Crippen LogP contribution in [0.15, 0.2) is 46.7 Å². The fraction of sp³-hybridized carbons (Fsp3) is 0.439. The van der Waals surface area contributed by atoms with Crippen molar-refractivity contribution in [3.63, 3.8) is 0 Å². The summed E-state index contributed by atoms with van der Waals surface area (Å²) in [6.45, 7) is 4.99. The number of nitrogens with one attached hydrogen (secondary N) is 2. The second-order valence-electron chi connectivity index (χ2n) is 15.5. The molecule has 56 heavy (non-hydrogen) atoms. The number of thioether (sulfide) groups is 1. The number of piperazine rings is 1. The van der Waals surface area contributed by atoms with E-state index in [9.17, 15) is 24.4 Å². The van der Waals surface area contributed by atoms with Crippen LogP contribution in [0.1, 0.15) is 59.5 Å². The molecule has 14 nitrogen and oxygen atoms in total.